The molecule has 108 valence electrons. The average Bonchev–Trinajstić information content (AvgIpc) is 2.37. The summed E-state index contributed by atoms with van der Waals surface area (Å²) in [6.45, 7) is 3.95. The van der Waals surface area contributed by atoms with Gasteiger partial charge in [0.05, 0.1) is 0 Å². The molecule has 0 aliphatic heterocycles. The summed E-state index contributed by atoms with van der Waals surface area (Å²) in [4.78, 5) is 23.1. The fourth-order valence-corrected chi connectivity index (χ4v) is 1.93. The van der Waals surface area contributed by atoms with Gasteiger partial charge in [-0.1, -0.05) is 29.3 Å². The molecular formula is C14H16Cl2N2O2. The van der Waals surface area contributed by atoms with Gasteiger partial charge in [-0.05, 0) is 37.6 Å². The van der Waals surface area contributed by atoms with E-state index in [1.165, 1.54) is 6.08 Å². The molecule has 0 heterocycles. The van der Waals surface area contributed by atoms with Gasteiger partial charge in [0.1, 0.15) is 6.04 Å². The van der Waals surface area contributed by atoms with Crippen molar-refractivity contribution in [3.63, 3.8) is 0 Å². The Hall–Kier alpha value is -1.52. The number of hydrogen-bond donors (Lipinski definition) is 2. The van der Waals surface area contributed by atoms with Gasteiger partial charge in [0, 0.05) is 22.7 Å². The largest absolute Gasteiger partial charge is 0.355 e. The topological polar surface area (TPSA) is 58.2 Å². The first-order chi connectivity index (χ1) is 9.43. The van der Waals surface area contributed by atoms with E-state index in [0.29, 0.717) is 22.2 Å². The molecule has 2 amide bonds. The Bertz CT molecular complexity index is 530. The van der Waals surface area contributed by atoms with Crippen molar-refractivity contribution >= 4 is 41.1 Å². The Kier molecular flexibility index (Phi) is 6.55. The van der Waals surface area contributed by atoms with Crippen LogP contribution in [0.25, 0.3) is 6.08 Å². The fourth-order valence-electron chi connectivity index (χ4n) is 1.46. The average molecular weight is 315 g/mol. The van der Waals surface area contributed by atoms with Crippen molar-refractivity contribution in [3.8, 4) is 0 Å². The zero-order valence-corrected chi connectivity index (χ0v) is 12.8. The first-order valence-electron chi connectivity index (χ1n) is 6.15. The van der Waals surface area contributed by atoms with Crippen LogP contribution >= 0.6 is 23.2 Å². The first-order valence-corrected chi connectivity index (χ1v) is 6.91. The number of likely N-dealkylation sites (N-methyl/N-ethyl adjacent to an activating group) is 1. The number of carbonyl (C=O) groups is 2. The highest BCUT2D eigenvalue weighted by Crippen LogP contribution is 2.21. The molecule has 1 rings (SSSR count). The van der Waals surface area contributed by atoms with Crippen molar-refractivity contribution in [2.45, 2.75) is 19.9 Å². The van der Waals surface area contributed by atoms with Crippen LogP contribution in [-0.4, -0.2) is 24.4 Å². The van der Waals surface area contributed by atoms with Gasteiger partial charge in [-0.15, -0.1) is 0 Å². The molecule has 0 radical (unpaired) electrons. The van der Waals surface area contributed by atoms with E-state index in [4.69, 9.17) is 23.2 Å². The lowest BCUT2D eigenvalue weighted by Gasteiger charge is -2.11. The monoisotopic (exact) mass is 314 g/mol. The fraction of sp³-hybridized carbons (Fsp3) is 0.286. The Morgan fingerprint density at radius 2 is 2.05 bits per heavy atom. The maximum Gasteiger partial charge on any atom is 0.244 e. The van der Waals surface area contributed by atoms with Gasteiger partial charge in [0.15, 0.2) is 0 Å². The molecule has 1 unspecified atom stereocenters. The lowest BCUT2D eigenvalue weighted by atomic mass is 10.2. The third kappa shape index (κ3) is 5.23. The third-order valence-electron chi connectivity index (χ3n) is 2.48. The summed E-state index contributed by atoms with van der Waals surface area (Å²) in [6, 6.07) is 4.40. The van der Waals surface area contributed by atoms with E-state index in [9.17, 15) is 9.59 Å². The zero-order valence-electron chi connectivity index (χ0n) is 11.2. The molecule has 20 heavy (non-hydrogen) atoms. The van der Waals surface area contributed by atoms with E-state index >= 15 is 0 Å². The minimum atomic E-state index is -0.590. The molecule has 4 nitrogen and oxygen atoms in total. The minimum absolute atomic E-state index is 0.223. The molecule has 0 aromatic heterocycles. The van der Waals surface area contributed by atoms with E-state index in [0.717, 1.165) is 0 Å². The van der Waals surface area contributed by atoms with Gasteiger partial charge in [-0.25, -0.2) is 0 Å². The van der Waals surface area contributed by atoms with Crippen LogP contribution in [0.1, 0.15) is 19.4 Å². The zero-order chi connectivity index (χ0) is 15.1. The highest BCUT2D eigenvalue weighted by molar-refractivity contribution is 6.35. The normalized spacial score (nSPS) is 12.2. The second-order valence-corrected chi connectivity index (χ2v) is 4.97. The number of benzene rings is 1. The summed E-state index contributed by atoms with van der Waals surface area (Å²) in [6.07, 6.45) is 2.89. The van der Waals surface area contributed by atoms with E-state index in [-0.39, 0.29) is 11.8 Å². The van der Waals surface area contributed by atoms with Gasteiger partial charge in [-0.2, -0.15) is 0 Å². The predicted octanol–water partition coefficient (Wildman–Crippen LogP) is 2.65. The second-order valence-electron chi connectivity index (χ2n) is 4.12. The highest BCUT2D eigenvalue weighted by atomic mass is 35.5. The third-order valence-corrected chi connectivity index (χ3v) is 3.04. The quantitative estimate of drug-likeness (QED) is 0.821. The Morgan fingerprint density at radius 1 is 1.35 bits per heavy atom. The number of carbonyl (C=O) groups excluding carboxylic acids is 2. The molecule has 0 saturated carbocycles. The molecule has 0 aliphatic rings. The first kappa shape index (κ1) is 16.5. The lowest BCUT2D eigenvalue weighted by molar-refractivity contribution is -0.126. The molecule has 0 bridgehead atoms. The summed E-state index contributed by atoms with van der Waals surface area (Å²) >= 11 is 11.8. The van der Waals surface area contributed by atoms with Crippen molar-refractivity contribution in [1.82, 2.24) is 10.6 Å². The Labute approximate surface area is 128 Å². The summed E-state index contributed by atoms with van der Waals surface area (Å²) in [5.74, 6) is -0.589. The predicted molar refractivity (Wildman–Crippen MR) is 81.8 cm³/mol. The van der Waals surface area contributed by atoms with Crippen LogP contribution in [0.2, 0.25) is 10.0 Å². The van der Waals surface area contributed by atoms with Gasteiger partial charge in [-0.3, -0.25) is 9.59 Å². The van der Waals surface area contributed by atoms with Gasteiger partial charge in [0.25, 0.3) is 0 Å². The van der Waals surface area contributed by atoms with E-state index < -0.39 is 6.04 Å². The Balaban J connectivity index is 2.61. The second kappa shape index (κ2) is 7.92. The van der Waals surface area contributed by atoms with Crippen LogP contribution in [0.15, 0.2) is 24.3 Å². The molecule has 0 aliphatic carbocycles. The summed E-state index contributed by atoms with van der Waals surface area (Å²) in [5, 5.41) is 6.17. The molecule has 6 heteroatoms. The minimum Gasteiger partial charge on any atom is -0.355 e. The van der Waals surface area contributed by atoms with Crippen molar-refractivity contribution in [2.75, 3.05) is 6.54 Å². The molecule has 1 aromatic rings. The van der Waals surface area contributed by atoms with Crippen molar-refractivity contribution in [1.29, 1.82) is 0 Å². The van der Waals surface area contributed by atoms with Crippen LogP contribution in [-0.2, 0) is 9.59 Å². The summed E-state index contributed by atoms with van der Waals surface area (Å²) < 4.78 is 0. The van der Waals surface area contributed by atoms with Crippen LogP contribution < -0.4 is 10.6 Å². The lowest BCUT2D eigenvalue weighted by Crippen LogP contribution is -2.44. The number of rotatable bonds is 5. The number of halogens is 2. The van der Waals surface area contributed by atoms with Crippen LogP contribution in [0.4, 0.5) is 0 Å². The van der Waals surface area contributed by atoms with Gasteiger partial charge in [0.2, 0.25) is 11.8 Å². The molecule has 1 atom stereocenters. The molecule has 2 N–H and O–H groups in total. The molecule has 0 fully saturated rings. The highest BCUT2D eigenvalue weighted by Gasteiger charge is 2.12. The summed E-state index contributed by atoms with van der Waals surface area (Å²) in [5.41, 5.74) is 0.678. The standard InChI is InChI=1S/C14H16Cl2N2O2/c1-3-17-14(20)9(2)18-13(19)7-5-10-4-6-11(15)8-12(10)16/h4-9H,3H2,1-2H3,(H,17,20)(H,18,19). The van der Waals surface area contributed by atoms with E-state index in [1.807, 2.05) is 6.92 Å². The summed E-state index contributed by atoms with van der Waals surface area (Å²) in [7, 11) is 0. The maximum absolute atomic E-state index is 11.7. The SMILES string of the molecule is CCNC(=O)C(C)NC(=O)C=Cc1ccc(Cl)cc1Cl. The van der Waals surface area contributed by atoms with E-state index in [1.54, 1.807) is 31.2 Å². The van der Waals surface area contributed by atoms with Gasteiger partial charge < -0.3 is 10.6 Å². The van der Waals surface area contributed by atoms with Gasteiger partial charge >= 0.3 is 0 Å². The van der Waals surface area contributed by atoms with Crippen molar-refractivity contribution < 1.29 is 9.59 Å². The maximum atomic E-state index is 11.7. The smallest absolute Gasteiger partial charge is 0.244 e. The Morgan fingerprint density at radius 3 is 2.65 bits per heavy atom. The van der Waals surface area contributed by atoms with Crippen molar-refractivity contribution in [3.05, 3.63) is 39.9 Å². The molecule has 0 spiro atoms. The number of hydrogen-bond acceptors (Lipinski definition) is 2. The van der Waals surface area contributed by atoms with E-state index in [2.05, 4.69) is 10.6 Å². The number of amides is 2. The van der Waals surface area contributed by atoms with Crippen LogP contribution in [0.3, 0.4) is 0 Å². The van der Waals surface area contributed by atoms with Crippen molar-refractivity contribution in [2.24, 2.45) is 0 Å². The molecule has 1 aromatic carbocycles. The van der Waals surface area contributed by atoms with Crippen LogP contribution in [0, 0.1) is 0 Å². The molecule has 0 saturated heterocycles. The number of nitrogens with one attached hydrogen (secondary N) is 2. The molecular weight excluding hydrogens is 299 g/mol. The van der Waals surface area contributed by atoms with Crippen LogP contribution in [0.5, 0.6) is 0 Å².